The third kappa shape index (κ3) is 3.34. The van der Waals surface area contributed by atoms with Crippen molar-refractivity contribution in [1.82, 2.24) is 0 Å². The van der Waals surface area contributed by atoms with Crippen LogP contribution in [-0.2, 0) is 14.3 Å². The summed E-state index contributed by atoms with van der Waals surface area (Å²) in [7, 11) is 0. The number of rotatable bonds is 4. The molecule has 0 radical (unpaired) electrons. The number of nitriles is 1. The highest BCUT2D eigenvalue weighted by atomic mass is 79.9. The Hall–Kier alpha value is -3.06. The van der Waals surface area contributed by atoms with Gasteiger partial charge >= 0.3 is 11.7 Å². The van der Waals surface area contributed by atoms with Gasteiger partial charge in [0.05, 0.1) is 27.5 Å². The molecule has 0 aromatic heterocycles. The normalized spacial score (nSPS) is 16.8. The number of hydrogen-bond donors (Lipinski definition) is 2. The van der Waals surface area contributed by atoms with E-state index in [9.17, 15) is 25.3 Å². The fourth-order valence-corrected chi connectivity index (χ4v) is 3.07. The van der Waals surface area contributed by atoms with E-state index < -0.39 is 28.2 Å². The maximum absolute atomic E-state index is 12.4. The lowest BCUT2D eigenvalue weighted by molar-refractivity contribution is -0.386. The average Bonchev–Trinajstić information content (AvgIpc) is 2.56. The zero-order valence-electron chi connectivity index (χ0n) is 13.8. The van der Waals surface area contributed by atoms with Crippen molar-refractivity contribution in [3.05, 3.63) is 55.1 Å². The molecule has 9 nitrogen and oxygen atoms in total. The Labute approximate surface area is 156 Å². The molecular formula is C16H14BrN3O6. The van der Waals surface area contributed by atoms with E-state index in [2.05, 4.69) is 15.9 Å². The standard InChI is InChI=1S/C16H14BrN3O6/c1-3-25-16(22)12-7(2)26-15(19)9(6-18)13(12)8-4-10(17)14(21)11(5-8)20(23)24/h4-5,13,21H,3,19H2,1-2H3. The van der Waals surface area contributed by atoms with E-state index in [4.69, 9.17) is 15.2 Å². The minimum atomic E-state index is -1.04. The number of aromatic hydroxyl groups is 1. The van der Waals surface area contributed by atoms with Gasteiger partial charge in [-0.2, -0.15) is 5.26 Å². The lowest BCUT2D eigenvalue weighted by Crippen LogP contribution is -2.25. The average molecular weight is 424 g/mol. The molecule has 0 amide bonds. The highest BCUT2D eigenvalue weighted by Gasteiger charge is 2.37. The molecule has 0 aliphatic carbocycles. The van der Waals surface area contributed by atoms with Crippen LogP contribution in [0.4, 0.5) is 5.69 Å². The van der Waals surface area contributed by atoms with Crippen LogP contribution in [0, 0.1) is 21.4 Å². The van der Waals surface area contributed by atoms with Gasteiger partial charge in [0.15, 0.2) is 0 Å². The van der Waals surface area contributed by atoms with Gasteiger partial charge < -0.3 is 20.3 Å². The van der Waals surface area contributed by atoms with Crippen LogP contribution in [0.5, 0.6) is 5.75 Å². The number of nitro benzene ring substituents is 1. The molecule has 2 rings (SSSR count). The number of nitro groups is 1. The summed E-state index contributed by atoms with van der Waals surface area (Å²) in [4.78, 5) is 22.8. The highest BCUT2D eigenvalue weighted by Crippen LogP contribution is 2.44. The first kappa shape index (κ1) is 19.3. The van der Waals surface area contributed by atoms with Crippen molar-refractivity contribution in [3.63, 3.8) is 0 Å². The number of ether oxygens (including phenoxy) is 2. The molecule has 1 aromatic carbocycles. The number of allylic oxidation sites excluding steroid dienone is 2. The van der Waals surface area contributed by atoms with Gasteiger partial charge in [-0.05, 0) is 41.4 Å². The molecule has 0 saturated heterocycles. The van der Waals surface area contributed by atoms with E-state index in [1.165, 1.54) is 13.0 Å². The lowest BCUT2D eigenvalue weighted by atomic mass is 9.83. The summed E-state index contributed by atoms with van der Waals surface area (Å²) >= 11 is 3.04. The van der Waals surface area contributed by atoms with Crippen LogP contribution in [0.15, 0.2) is 39.4 Å². The molecule has 136 valence electrons. The minimum absolute atomic E-state index is 0.00416. The van der Waals surface area contributed by atoms with Crippen molar-refractivity contribution in [2.24, 2.45) is 5.73 Å². The molecule has 1 aliphatic rings. The Morgan fingerprint density at radius 1 is 1.58 bits per heavy atom. The second-order valence-corrected chi connectivity index (χ2v) is 6.10. The van der Waals surface area contributed by atoms with Crippen LogP contribution >= 0.6 is 15.9 Å². The first-order chi connectivity index (χ1) is 12.2. The summed E-state index contributed by atoms with van der Waals surface area (Å²) in [5.74, 6) is -2.43. The number of halogens is 1. The Morgan fingerprint density at radius 2 is 2.23 bits per heavy atom. The molecule has 1 aromatic rings. The first-order valence-electron chi connectivity index (χ1n) is 7.35. The second-order valence-electron chi connectivity index (χ2n) is 5.24. The number of carbonyl (C=O) groups excluding carboxylic acids is 1. The van der Waals surface area contributed by atoms with Crippen LogP contribution in [0.1, 0.15) is 25.3 Å². The van der Waals surface area contributed by atoms with Crippen LogP contribution in [0.3, 0.4) is 0 Å². The van der Waals surface area contributed by atoms with E-state index >= 15 is 0 Å². The number of carbonyl (C=O) groups is 1. The fraction of sp³-hybridized carbons (Fsp3) is 0.250. The minimum Gasteiger partial charge on any atom is -0.501 e. The van der Waals surface area contributed by atoms with Gasteiger partial charge in [-0.3, -0.25) is 10.1 Å². The summed E-state index contributed by atoms with van der Waals surface area (Å²) in [6, 6.07) is 4.32. The highest BCUT2D eigenvalue weighted by molar-refractivity contribution is 9.10. The quantitative estimate of drug-likeness (QED) is 0.426. The topological polar surface area (TPSA) is 149 Å². The second kappa shape index (κ2) is 7.45. The maximum atomic E-state index is 12.4. The smallest absolute Gasteiger partial charge is 0.338 e. The van der Waals surface area contributed by atoms with Crippen LogP contribution in [-0.4, -0.2) is 22.6 Å². The zero-order valence-corrected chi connectivity index (χ0v) is 15.4. The number of hydrogen-bond acceptors (Lipinski definition) is 8. The summed E-state index contributed by atoms with van der Waals surface area (Å²) in [6.45, 7) is 3.18. The summed E-state index contributed by atoms with van der Waals surface area (Å²) in [5, 5.41) is 30.5. The van der Waals surface area contributed by atoms with E-state index in [0.717, 1.165) is 6.07 Å². The Bertz CT molecular complexity index is 900. The van der Waals surface area contributed by atoms with Gasteiger partial charge in [0.25, 0.3) is 0 Å². The van der Waals surface area contributed by atoms with E-state index in [0.29, 0.717) is 0 Å². The molecule has 10 heteroatoms. The molecular weight excluding hydrogens is 410 g/mol. The van der Waals surface area contributed by atoms with Crippen molar-refractivity contribution in [2.45, 2.75) is 19.8 Å². The SMILES string of the molecule is CCOC(=O)C1=C(C)OC(N)=C(C#N)C1c1cc(Br)c(O)c([N+](=O)[O-])c1. The molecule has 1 unspecified atom stereocenters. The monoisotopic (exact) mass is 423 g/mol. The van der Waals surface area contributed by atoms with Gasteiger partial charge in [0.2, 0.25) is 11.6 Å². The van der Waals surface area contributed by atoms with Crippen molar-refractivity contribution >= 4 is 27.6 Å². The number of nitrogens with zero attached hydrogens (tertiary/aromatic N) is 2. The Morgan fingerprint density at radius 3 is 2.77 bits per heavy atom. The maximum Gasteiger partial charge on any atom is 0.338 e. The molecule has 0 spiro atoms. The fourth-order valence-electron chi connectivity index (χ4n) is 2.60. The lowest BCUT2D eigenvalue weighted by Gasteiger charge is -2.26. The summed E-state index contributed by atoms with van der Waals surface area (Å²) in [5.41, 5.74) is 5.29. The molecule has 1 heterocycles. The molecule has 0 saturated carbocycles. The first-order valence-corrected chi connectivity index (χ1v) is 8.14. The van der Waals surface area contributed by atoms with Gasteiger partial charge in [0.1, 0.15) is 17.4 Å². The Kier molecular flexibility index (Phi) is 5.52. The molecule has 0 fully saturated rings. The van der Waals surface area contributed by atoms with Crippen molar-refractivity contribution < 1.29 is 24.3 Å². The van der Waals surface area contributed by atoms with Crippen LogP contribution in [0.25, 0.3) is 0 Å². The van der Waals surface area contributed by atoms with Crippen LogP contribution in [0.2, 0.25) is 0 Å². The van der Waals surface area contributed by atoms with Crippen molar-refractivity contribution in [3.8, 4) is 11.8 Å². The number of nitrogens with two attached hydrogens (primary N) is 1. The summed E-state index contributed by atoms with van der Waals surface area (Å²) in [6.07, 6.45) is 0. The van der Waals surface area contributed by atoms with E-state index in [-0.39, 0.29) is 39.4 Å². The molecule has 26 heavy (non-hydrogen) atoms. The number of phenolic OH excluding ortho intramolecular Hbond substituents is 1. The predicted octanol–water partition coefficient (Wildman–Crippen LogP) is 2.71. The number of esters is 1. The molecule has 1 aliphatic heterocycles. The van der Waals surface area contributed by atoms with Gasteiger partial charge in [-0.1, -0.05) is 0 Å². The zero-order chi connectivity index (χ0) is 19.6. The molecule has 1 atom stereocenters. The van der Waals surface area contributed by atoms with E-state index in [1.807, 2.05) is 6.07 Å². The van der Waals surface area contributed by atoms with Gasteiger partial charge in [-0.15, -0.1) is 0 Å². The molecule has 3 N–H and O–H groups in total. The predicted molar refractivity (Wildman–Crippen MR) is 92.4 cm³/mol. The van der Waals surface area contributed by atoms with E-state index in [1.54, 1.807) is 6.92 Å². The number of phenols is 1. The van der Waals surface area contributed by atoms with Crippen molar-refractivity contribution in [1.29, 1.82) is 5.26 Å². The third-order valence-corrected chi connectivity index (χ3v) is 4.30. The molecule has 0 bridgehead atoms. The summed E-state index contributed by atoms with van der Waals surface area (Å²) < 4.78 is 10.3. The van der Waals surface area contributed by atoms with Gasteiger partial charge in [0, 0.05) is 6.07 Å². The largest absolute Gasteiger partial charge is 0.501 e. The van der Waals surface area contributed by atoms with Crippen molar-refractivity contribution in [2.75, 3.05) is 6.61 Å². The van der Waals surface area contributed by atoms with Gasteiger partial charge in [-0.25, -0.2) is 4.79 Å². The van der Waals surface area contributed by atoms with Crippen LogP contribution < -0.4 is 5.73 Å². The number of benzene rings is 1. The third-order valence-electron chi connectivity index (χ3n) is 3.70. The Balaban J connectivity index is 2.76.